The highest BCUT2D eigenvalue weighted by Gasteiger charge is 2.31. The molecule has 0 aromatic heterocycles. The molecule has 1 aliphatic rings. The number of carbonyl (C=O) groups is 1. The van der Waals surface area contributed by atoms with Crippen LogP contribution in [0.25, 0.3) is 0 Å². The summed E-state index contributed by atoms with van der Waals surface area (Å²) in [5, 5.41) is 12.2. The third-order valence-corrected chi connectivity index (χ3v) is 3.59. The van der Waals surface area contributed by atoms with Crippen molar-refractivity contribution in [2.75, 3.05) is 19.7 Å². The second-order valence-corrected chi connectivity index (χ2v) is 4.89. The molecule has 17 heavy (non-hydrogen) atoms. The van der Waals surface area contributed by atoms with E-state index in [4.69, 9.17) is 0 Å². The van der Waals surface area contributed by atoms with Gasteiger partial charge in [0.1, 0.15) is 0 Å². The molecule has 1 amide bonds. The number of nitrogens with one attached hydrogen (secondary N) is 1. The van der Waals surface area contributed by atoms with Crippen LogP contribution in [0, 0.1) is 0 Å². The zero-order chi connectivity index (χ0) is 12.7. The van der Waals surface area contributed by atoms with E-state index in [2.05, 4.69) is 17.1 Å². The van der Waals surface area contributed by atoms with E-state index in [0.717, 1.165) is 38.8 Å². The van der Waals surface area contributed by atoms with E-state index in [1.165, 1.54) is 6.42 Å². The third-order valence-electron chi connectivity index (χ3n) is 3.59. The molecule has 2 atom stereocenters. The van der Waals surface area contributed by atoms with Crippen LogP contribution in [-0.4, -0.2) is 47.7 Å². The van der Waals surface area contributed by atoms with Crippen molar-refractivity contribution in [3.05, 3.63) is 0 Å². The number of hydrogen-bond acceptors (Lipinski definition) is 3. The summed E-state index contributed by atoms with van der Waals surface area (Å²) in [4.78, 5) is 14.0. The first-order chi connectivity index (χ1) is 8.20. The van der Waals surface area contributed by atoms with Gasteiger partial charge in [-0.3, -0.25) is 9.69 Å². The second kappa shape index (κ2) is 7.67. The number of amides is 1. The van der Waals surface area contributed by atoms with E-state index in [-0.39, 0.29) is 24.6 Å². The van der Waals surface area contributed by atoms with Crippen LogP contribution in [0.15, 0.2) is 0 Å². The monoisotopic (exact) mass is 242 g/mol. The van der Waals surface area contributed by atoms with Crippen LogP contribution >= 0.6 is 0 Å². The quantitative estimate of drug-likeness (QED) is 0.658. The molecule has 1 rings (SSSR count). The molecule has 4 nitrogen and oxygen atoms in total. The van der Waals surface area contributed by atoms with Gasteiger partial charge in [-0.2, -0.15) is 0 Å². The van der Waals surface area contributed by atoms with Gasteiger partial charge in [-0.1, -0.05) is 19.8 Å². The Morgan fingerprint density at radius 1 is 1.53 bits per heavy atom. The molecule has 0 aliphatic carbocycles. The predicted molar refractivity (Wildman–Crippen MR) is 68.8 cm³/mol. The maximum absolute atomic E-state index is 11.9. The third kappa shape index (κ3) is 4.28. The maximum atomic E-state index is 11.9. The van der Waals surface area contributed by atoms with E-state index in [0.29, 0.717) is 0 Å². The molecule has 0 saturated carbocycles. The Labute approximate surface area is 104 Å². The molecule has 0 spiro atoms. The standard InChI is InChI=1S/C13H26N2O2/c1-3-4-5-8-14-13(17)11(2)15-9-6-7-12(15)10-16/h11-12,16H,3-10H2,1-2H3,(H,14,17)/t11?,12-/m0/s1. The number of likely N-dealkylation sites (tertiary alicyclic amines) is 1. The molecule has 1 saturated heterocycles. The molecule has 1 aliphatic heterocycles. The Balaban J connectivity index is 2.30. The minimum absolute atomic E-state index is 0.0986. The van der Waals surface area contributed by atoms with Crippen molar-refractivity contribution in [2.24, 2.45) is 0 Å². The highest BCUT2D eigenvalue weighted by atomic mass is 16.3. The second-order valence-electron chi connectivity index (χ2n) is 4.89. The first-order valence-corrected chi connectivity index (χ1v) is 6.85. The Hall–Kier alpha value is -0.610. The van der Waals surface area contributed by atoms with Crippen LogP contribution in [0.5, 0.6) is 0 Å². The first-order valence-electron chi connectivity index (χ1n) is 6.85. The highest BCUT2D eigenvalue weighted by Crippen LogP contribution is 2.19. The van der Waals surface area contributed by atoms with Crippen LogP contribution in [0.3, 0.4) is 0 Å². The maximum Gasteiger partial charge on any atom is 0.237 e. The minimum atomic E-state index is -0.115. The van der Waals surface area contributed by atoms with Gasteiger partial charge in [-0.25, -0.2) is 0 Å². The van der Waals surface area contributed by atoms with Crippen LogP contribution < -0.4 is 5.32 Å². The summed E-state index contributed by atoms with van der Waals surface area (Å²) in [7, 11) is 0. The Kier molecular flexibility index (Phi) is 6.52. The lowest BCUT2D eigenvalue weighted by Gasteiger charge is -2.28. The van der Waals surface area contributed by atoms with E-state index in [9.17, 15) is 9.90 Å². The normalized spacial score (nSPS) is 22.6. The van der Waals surface area contributed by atoms with Crippen molar-refractivity contribution < 1.29 is 9.90 Å². The van der Waals surface area contributed by atoms with Crippen molar-refractivity contribution >= 4 is 5.91 Å². The van der Waals surface area contributed by atoms with Gasteiger partial charge in [0, 0.05) is 12.6 Å². The average molecular weight is 242 g/mol. The topological polar surface area (TPSA) is 52.6 Å². The molecule has 2 N–H and O–H groups in total. The molecule has 1 unspecified atom stereocenters. The van der Waals surface area contributed by atoms with Crippen LogP contribution in [-0.2, 0) is 4.79 Å². The van der Waals surface area contributed by atoms with Gasteiger partial charge in [0.2, 0.25) is 5.91 Å². The van der Waals surface area contributed by atoms with Gasteiger partial charge in [0.05, 0.1) is 12.6 Å². The summed E-state index contributed by atoms with van der Waals surface area (Å²) < 4.78 is 0. The smallest absolute Gasteiger partial charge is 0.237 e. The number of hydrogen-bond donors (Lipinski definition) is 2. The van der Waals surface area contributed by atoms with Crippen LogP contribution in [0.1, 0.15) is 46.0 Å². The van der Waals surface area contributed by atoms with Gasteiger partial charge < -0.3 is 10.4 Å². The summed E-state index contributed by atoms with van der Waals surface area (Å²) in [6, 6.07) is 0.0580. The molecule has 0 radical (unpaired) electrons. The van der Waals surface area contributed by atoms with Crippen molar-refractivity contribution in [1.29, 1.82) is 0 Å². The van der Waals surface area contributed by atoms with E-state index >= 15 is 0 Å². The summed E-state index contributed by atoms with van der Waals surface area (Å²) in [6.07, 6.45) is 5.48. The van der Waals surface area contributed by atoms with Gasteiger partial charge in [-0.05, 0) is 32.7 Å². The fraction of sp³-hybridized carbons (Fsp3) is 0.923. The van der Waals surface area contributed by atoms with E-state index in [1.807, 2.05) is 6.92 Å². The average Bonchev–Trinajstić information content (AvgIpc) is 2.81. The highest BCUT2D eigenvalue weighted by molar-refractivity contribution is 5.81. The summed E-state index contributed by atoms with van der Waals surface area (Å²) >= 11 is 0. The van der Waals surface area contributed by atoms with Crippen molar-refractivity contribution in [3.63, 3.8) is 0 Å². The number of unbranched alkanes of at least 4 members (excludes halogenated alkanes) is 2. The number of aliphatic hydroxyl groups is 1. The summed E-state index contributed by atoms with van der Waals surface area (Å²) in [5.74, 6) is 0.0986. The first kappa shape index (κ1) is 14.5. The van der Waals surface area contributed by atoms with Gasteiger partial charge in [-0.15, -0.1) is 0 Å². The molecule has 0 aromatic rings. The number of rotatable bonds is 7. The number of carbonyl (C=O) groups excluding carboxylic acids is 1. The molecular formula is C13H26N2O2. The SMILES string of the molecule is CCCCCNC(=O)C(C)N1CCC[C@H]1CO. The summed E-state index contributed by atoms with van der Waals surface area (Å²) in [6.45, 7) is 5.94. The van der Waals surface area contributed by atoms with Crippen molar-refractivity contribution in [1.82, 2.24) is 10.2 Å². The zero-order valence-electron chi connectivity index (χ0n) is 11.1. The zero-order valence-corrected chi connectivity index (χ0v) is 11.1. The van der Waals surface area contributed by atoms with Crippen molar-refractivity contribution in [3.8, 4) is 0 Å². The number of nitrogens with zero attached hydrogens (tertiary/aromatic N) is 1. The molecule has 1 heterocycles. The fourth-order valence-electron chi connectivity index (χ4n) is 2.45. The summed E-state index contributed by atoms with van der Waals surface area (Å²) in [5.41, 5.74) is 0. The lowest BCUT2D eigenvalue weighted by atomic mass is 10.2. The largest absolute Gasteiger partial charge is 0.395 e. The van der Waals surface area contributed by atoms with Gasteiger partial charge in [0.15, 0.2) is 0 Å². The predicted octanol–water partition coefficient (Wildman–Crippen LogP) is 1.14. The minimum Gasteiger partial charge on any atom is -0.395 e. The van der Waals surface area contributed by atoms with Crippen LogP contribution in [0.2, 0.25) is 0 Å². The molecule has 100 valence electrons. The molecule has 0 aromatic carbocycles. The van der Waals surface area contributed by atoms with Crippen LogP contribution in [0.4, 0.5) is 0 Å². The fourth-order valence-corrected chi connectivity index (χ4v) is 2.45. The molecule has 0 bridgehead atoms. The number of aliphatic hydroxyl groups excluding tert-OH is 1. The van der Waals surface area contributed by atoms with Gasteiger partial charge >= 0.3 is 0 Å². The lowest BCUT2D eigenvalue weighted by Crippen LogP contribution is -2.48. The Bertz CT molecular complexity index is 233. The van der Waals surface area contributed by atoms with Crippen molar-refractivity contribution in [2.45, 2.75) is 58.0 Å². The van der Waals surface area contributed by atoms with Gasteiger partial charge in [0.25, 0.3) is 0 Å². The van der Waals surface area contributed by atoms with E-state index < -0.39 is 0 Å². The molecule has 1 fully saturated rings. The Morgan fingerprint density at radius 3 is 2.94 bits per heavy atom. The van der Waals surface area contributed by atoms with E-state index in [1.54, 1.807) is 0 Å². The molecule has 4 heteroatoms. The molecular weight excluding hydrogens is 216 g/mol. The Morgan fingerprint density at radius 2 is 2.29 bits per heavy atom. The lowest BCUT2D eigenvalue weighted by molar-refractivity contribution is -0.126.